The molecule has 0 bridgehead atoms. The highest BCUT2D eigenvalue weighted by molar-refractivity contribution is 5.92. The Bertz CT molecular complexity index is 1120. The number of nitrogens with one attached hydrogen (secondary N) is 1. The molecule has 4 rings (SSSR count). The summed E-state index contributed by atoms with van der Waals surface area (Å²) in [7, 11) is 0. The van der Waals surface area contributed by atoms with E-state index < -0.39 is 0 Å². The minimum Gasteiger partial charge on any atom is -0.326 e. The van der Waals surface area contributed by atoms with Gasteiger partial charge in [-0.1, -0.05) is 32.0 Å². The van der Waals surface area contributed by atoms with E-state index in [1.54, 1.807) is 10.7 Å². The maximum Gasteiger partial charge on any atom is 0.227 e. The number of carbonyl (C=O) groups is 1. The van der Waals surface area contributed by atoms with Gasteiger partial charge in [0, 0.05) is 23.4 Å². The van der Waals surface area contributed by atoms with E-state index in [1.807, 2.05) is 68.4 Å². The number of benzene rings is 1. The Morgan fingerprint density at radius 1 is 0.966 bits per heavy atom. The number of aromatic nitrogens is 5. The van der Waals surface area contributed by atoms with Crippen LogP contribution >= 0.6 is 0 Å². The van der Waals surface area contributed by atoms with Gasteiger partial charge in [0.2, 0.25) is 11.7 Å². The lowest BCUT2D eigenvalue weighted by Gasteiger charge is -2.13. The van der Waals surface area contributed by atoms with Crippen molar-refractivity contribution >= 4 is 17.2 Å². The largest absolute Gasteiger partial charge is 0.326 e. The first kappa shape index (κ1) is 18.7. The van der Waals surface area contributed by atoms with Gasteiger partial charge in [-0.05, 0) is 49.2 Å². The number of rotatable bonds is 6. The summed E-state index contributed by atoms with van der Waals surface area (Å²) < 4.78 is 1.69. The number of hydrogen-bond donors (Lipinski definition) is 1. The van der Waals surface area contributed by atoms with Crippen LogP contribution in [0.15, 0.2) is 60.8 Å². The first-order valence-electron chi connectivity index (χ1n) is 9.74. The van der Waals surface area contributed by atoms with Crippen LogP contribution in [0.3, 0.4) is 0 Å². The molecule has 146 valence electrons. The topological polar surface area (TPSA) is 85.1 Å². The van der Waals surface area contributed by atoms with E-state index >= 15 is 0 Å². The molecule has 0 atom stereocenters. The molecule has 0 aliphatic carbocycles. The van der Waals surface area contributed by atoms with Crippen molar-refractivity contribution in [3.05, 3.63) is 60.8 Å². The Labute approximate surface area is 168 Å². The van der Waals surface area contributed by atoms with Gasteiger partial charge in [-0.25, -0.2) is 0 Å². The van der Waals surface area contributed by atoms with Gasteiger partial charge in [0.1, 0.15) is 5.69 Å². The number of pyridine rings is 1. The molecule has 3 heterocycles. The second kappa shape index (κ2) is 8.18. The van der Waals surface area contributed by atoms with Crippen molar-refractivity contribution in [3.8, 4) is 22.8 Å². The molecule has 0 unspecified atom stereocenters. The zero-order valence-electron chi connectivity index (χ0n) is 16.4. The van der Waals surface area contributed by atoms with Gasteiger partial charge in [-0.15, -0.1) is 10.2 Å². The standard InChI is InChI=1S/C22H22N6O/c1-3-15(4-2)22(29)24-17-10-8-16(9-11-17)18-12-13-20-25-26-21(28(20)27-18)19-7-5-6-14-23-19/h5-15H,3-4H2,1-2H3,(H,24,29). The van der Waals surface area contributed by atoms with Crippen molar-refractivity contribution in [2.45, 2.75) is 26.7 Å². The molecule has 0 saturated carbocycles. The second-order valence-corrected chi connectivity index (χ2v) is 6.81. The molecule has 0 aliphatic heterocycles. The lowest BCUT2D eigenvalue weighted by atomic mass is 10.0. The normalized spacial score (nSPS) is 11.1. The molecular formula is C22H22N6O. The maximum absolute atomic E-state index is 12.3. The van der Waals surface area contributed by atoms with Gasteiger partial charge in [0.15, 0.2) is 5.65 Å². The molecule has 7 heteroatoms. The molecule has 0 saturated heterocycles. The first-order chi connectivity index (χ1) is 14.2. The van der Waals surface area contributed by atoms with Crippen molar-refractivity contribution in [1.29, 1.82) is 0 Å². The van der Waals surface area contributed by atoms with Crippen LogP contribution in [0.1, 0.15) is 26.7 Å². The molecule has 3 aromatic heterocycles. The van der Waals surface area contributed by atoms with E-state index in [2.05, 4.69) is 20.5 Å². The fourth-order valence-corrected chi connectivity index (χ4v) is 3.23. The predicted octanol–water partition coefficient (Wildman–Crippen LogP) is 4.23. The van der Waals surface area contributed by atoms with E-state index in [9.17, 15) is 4.79 Å². The quantitative estimate of drug-likeness (QED) is 0.536. The highest BCUT2D eigenvalue weighted by Crippen LogP contribution is 2.22. The minimum absolute atomic E-state index is 0.0394. The van der Waals surface area contributed by atoms with Crippen molar-refractivity contribution in [1.82, 2.24) is 24.8 Å². The zero-order valence-corrected chi connectivity index (χ0v) is 16.4. The summed E-state index contributed by atoms with van der Waals surface area (Å²) in [5.74, 6) is 0.695. The third-order valence-electron chi connectivity index (χ3n) is 4.96. The Balaban J connectivity index is 1.61. The molecule has 0 spiro atoms. The smallest absolute Gasteiger partial charge is 0.227 e. The summed E-state index contributed by atoms with van der Waals surface area (Å²) in [4.78, 5) is 16.6. The molecule has 0 radical (unpaired) electrons. The molecule has 1 N–H and O–H groups in total. The average molecular weight is 386 g/mol. The van der Waals surface area contributed by atoms with Crippen molar-refractivity contribution in [3.63, 3.8) is 0 Å². The van der Waals surface area contributed by atoms with E-state index in [1.165, 1.54) is 0 Å². The molecule has 4 aromatic rings. The molecule has 1 amide bonds. The van der Waals surface area contributed by atoms with Crippen LogP contribution in [0.4, 0.5) is 5.69 Å². The Morgan fingerprint density at radius 2 is 1.76 bits per heavy atom. The number of amides is 1. The van der Waals surface area contributed by atoms with E-state index in [-0.39, 0.29) is 11.8 Å². The minimum atomic E-state index is 0.0394. The van der Waals surface area contributed by atoms with Crippen LogP contribution in [0.2, 0.25) is 0 Å². The molecule has 0 aliphatic rings. The lowest BCUT2D eigenvalue weighted by molar-refractivity contribution is -0.120. The molecular weight excluding hydrogens is 364 g/mol. The highest BCUT2D eigenvalue weighted by atomic mass is 16.1. The summed E-state index contributed by atoms with van der Waals surface area (Å²) in [6.07, 6.45) is 3.39. The second-order valence-electron chi connectivity index (χ2n) is 6.81. The molecule has 7 nitrogen and oxygen atoms in total. The maximum atomic E-state index is 12.3. The number of hydrogen-bond acceptors (Lipinski definition) is 5. The average Bonchev–Trinajstić information content (AvgIpc) is 3.19. The highest BCUT2D eigenvalue weighted by Gasteiger charge is 2.14. The van der Waals surface area contributed by atoms with Crippen LogP contribution in [0, 0.1) is 5.92 Å². The van der Waals surface area contributed by atoms with Gasteiger partial charge in [-0.3, -0.25) is 9.78 Å². The van der Waals surface area contributed by atoms with Crippen molar-refractivity contribution in [2.24, 2.45) is 5.92 Å². The third-order valence-corrected chi connectivity index (χ3v) is 4.96. The summed E-state index contributed by atoms with van der Waals surface area (Å²) in [6.45, 7) is 4.06. The Morgan fingerprint density at radius 3 is 2.45 bits per heavy atom. The van der Waals surface area contributed by atoms with E-state index in [0.29, 0.717) is 17.2 Å². The van der Waals surface area contributed by atoms with Crippen LogP contribution in [-0.2, 0) is 4.79 Å². The fourth-order valence-electron chi connectivity index (χ4n) is 3.23. The number of nitrogens with zero attached hydrogens (tertiary/aromatic N) is 5. The zero-order chi connectivity index (χ0) is 20.2. The SMILES string of the molecule is CCC(CC)C(=O)Nc1ccc(-c2ccc3nnc(-c4ccccn4)n3n2)cc1. The summed E-state index contributed by atoms with van der Waals surface area (Å²) in [5.41, 5.74) is 3.87. The van der Waals surface area contributed by atoms with Crippen LogP contribution in [0.25, 0.3) is 28.4 Å². The first-order valence-corrected chi connectivity index (χ1v) is 9.74. The van der Waals surface area contributed by atoms with Gasteiger partial charge in [0.05, 0.1) is 5.69 Å². The van der Waals surface area contributed by atoms with Crippen LogP contribution in [-0.4, -0.2) is 30.7 Å². The molecule has 29 heavy (non-hydrogen) atoms. The summed E-state index contributed by atoms with van der Waals surface area (Å²) >= 11 is 0. The predicted molar refractivity (Wildman–Crippen MR) is 112 cm³/mol. The number of fused-ring (bicyclic) bond motifs is 1. The summed E-state index contributed by atoms with van der Waals surface area (Å²) in [5, 5.41) is 16.1. The van der Waals surface area contributed by atoms with Gasteiger partial charge in [-0.2, -0.15) is 9.61 Å². The molecule has 1 aromatic carbocycles. The fraction of sp³-hybridized carbons (Fsp3) is 0.227. The van der Waals surface area contributed by atoms with Gasteiger partial charge in [0.25, 0.3) is 0 Å². The third kappa shape index (κ3) is 3.85. The van der Waals surface area contributed by atoms with Crippen LogP contribution in [0.5, 0.6) is 0 Å². The van der Waals surface area contributed by atoms with Crippen molar-refractivity contribution < 1.29 is 4.79 Å². The Kier molecular flexibility index (Phi) is 5.29. The lowest BCUT2D eigenvalue weighted by Crippen LogP contribution is -2.21. The Hall–Kier alpha value is -3.61. The van der Waals surface area contributed by atoms with Gasteiger partial charge >= 0.3 is 0 Å². The molecule has 0 fully saturated rings. The van der Waals surface area contributed by atoms with E-state index in [4.69, 9.17) is 5.10 Å². The summed E-state index contributed by atoms with van der Waals surface area (Å²) in [6, 6.07) is 17.1. The van der Waals surface area contributed by atoms with E-state index in [0.717, 1.165) is 29.8 Å². The number of anilines is 1. The van der Waals surface area contributed by atoms with Crippen LogP contribution < -0.4 is 5.32 Å². The van der Waals surface area contributed by atoms with Gasteiger partial charge < -0.3 is 5.32 Å². The number of carbonyl (C=O) groups excluding carboxylic acids is 1. The monoisotopic (exact) mass is 386 g/mol. The van der Waals surface area contributed by atoms with Crippen molar-refractivity contribution in [2.75, 3.05) is 5.32 Å².